The van der Waals surface area contributed by atoms with Gasteiger partial charge in [-0.3, -0.25) is 4.79 Å². The predicted octanol–water partition coefficient (Wildman–Crippen LogP) is 1.65. The standard InChI is InChI=1S/C12H11NO3/c1-9-4-2-5-10(13(9)15)8-11(14)12-6-3-7-16-12/h2-7H,8H2,1H3. The third-order valence-electron chi connectivity index (χ3n) is 2.34. The van der Waals surface area contributed by atoms with Crippen molar-refractivity contribution >= 4 is 5.78 Å². The zero-order chi connectivity index (χ0) is 11.5. The van der Waals surface area contributed by atoms with E-state index in [-0.39, 0.29) is 18.0 Å². The number of furan rings is 1. The van der Waals surface area contributed by atoms with Crippen molar-refractivity contribution in [1.82, 2.24) is 0 Å². The molecule has 0 spiro atoms. The van der Waals surface area contributed by atoms with E-state index >= 15 is 0 Å². The van der Waals surface area contributed by atoms with E-state index < -0.39 is 0 Å². The molecule has 0 atom stereocenters. The first-order chi connectivity index (χ1) is 7.68. The van der Waals surface area contributed by atoms with Crippen LogP contribution >= 0.6 is 0 Å². The van der Waals surface area contributed by atoms with E-state index in [4.69, 9.17) is 4.42 Å². The van der Waals surface area contributed by atoms with Crippen molar-refractivity contribution in [3.05, 3.63) is 59.0 Å². The van der Waals surface area contributed by atoms with E-state index in [1.165, 1.54) is 6.26 Å². The number of pyridine rings is 1. The van der Waals surface area contributed by atoms with Crippen molar-refractivity contribution in [2.45, 2.75) is 13.3 Å². The summed E-state index contributed by atoms with van der Waals surface area (Å²) in [6.45, 7) is 1.70. The molecule has 16 heavy (non-hydrogen) atoms. The van der Waals surface area contributed by atoms with Crippen LogP contribution in [0.25, 0.3) is 0 Å². The minimum absolute atomic E-state index is 0.0543. The SMILES string of the molecule is Cc1cccc(CC(=O)c2ccco2)[n+]1[O-]. The Kier molecular flexibility index (Phi) is 2.72. The molecule has 2 rings (SSSR count). The van der Waals surface area contributed by atoms with Crippen molar-refractivity contribution in [3.8, 4) is 0 Å². The number of ketones is 1. The molecule has 0 radical (unpaired) electrons. The summed E-state index contributed by atoms with van der Waals surface area (Å²) < 4.78 is 5.74. The molecule has 2 heterocycles. The molecule has 0 aliphatic heterocycles. The highest BCUT2D eigenvalue weighted by Gasteiger charge is 2.16. The zero-order valence-electron chi connectivity index (χ0n) is 8.84. The molecule has 0 unspecified atom stereocenters. The minimum Gasteiger partial charge on any atom is -0.618 e. The lowest BCUT2D eigenvalue weighted by molar-refractivity contribution is -0.620. The van der Waals surface area contributed by atoms with E-state index in [1.807, 2.05) is 0 Å². The second-order valence-corrected chi connectivity index (χ2v) is 3.53. The Hall–Kier alpha value is -2.10. The normalized spacial score (nSPS) is 10.3. The maximum atomic E-state index is 11.7. The van der Waals surface area contributed by atoms with Crippen LogP contribution in [0.1, 0.15) is 21.9 Å². The highest BCUT2D eigenvalue weighted by Crippen LogP contribution is 2.06. The predicted molar refractivity (Wildman–Crippen MR) is 56.9 cm³/mol. The molecule has 0 N–H and O–H groups in total. The Morgan fingerprint density at radius 3 is 2.88 bits per heavy atom. The second kappa shape index (κ2) is 4.18. The van der Waals surface area contributed by atoms with Crippen molar-refractivity contribution in [2.24, 2.45) is 0 Å². The lowest BCUT2D eigenvalue weighted by Crippen LogP contribution is -2.36. The number of hydrogen-bond acceptors (Lipinski definition) is 3. The monoisotopic (exact) mass is 217 g/mol. The van der Waals surface area contributed by atoms with Gasteiger partial charge in [0.15, 0.2) is 11.5 Å². The Morgan fingerprint density at radius 2 is 2.19 bits per heavy atom. The highest BCUT2D eigenvalue weighted by atomic mass is 16.5. The number of aryl methyl sites for hydroxylation is 1. The van der Waals surface area contributed by atoms with Crippen LogP contribution in [0.4, 0.5) is 0 Å². The smallest absolute Gasteiger partial charge is 0.208 e. The maximum absolute atomic E-state index is 11.7. The third kappa shape index (κ3) is 1.95. The molecular formula is C12H11NO3. The van der Waals surface area contributed by atoms with Gasteiger partial charge in [0.2, 0.25) is 11.5 Å². The number of carbonyl (C=O) groups is 1. The van der Waals surface area contributed by atoms with Crippen molar-refractivity contribution in [2.75, 3.05) is 0 Å². The molecule has 4 nitrogen and oxygen atoms in total. The van der Waals surface area contributed by atoms with E-state index in [9.17, 15) is 10.0 Å². The van der Waals surface area contributed by atoms with Crippen LogP contribution < -0.4 is 4.73 Å². The molecule has 2 aromatic rings. The van der Waals surface area contributed by atoms with Gasteiger partial charge >= 0.3 is 0 Å². The maximum Gasteiger partial charge on any atom is 0.208 e. The Labute approximate surface area is 92.7 Å². The first-order valence-electron chi connectivity index (χ1n) is 4.93. The lowest BCUT2D eigenvalue weighted by Gasteiger charge is -2.05. The summed E-state index contributed by atoms with van der Waals surface area (Å²) >= 11 is 0. The topological polar surface area (TPSA) is 57.2 Å². The van der Waals surface area contributed by atoms with E-state index in [2.05, 4.69) is 0 Å². The van der Waals surface area contributed by atoms with Gasteiger partial charge in [0.05, 0.1) is 6.26 Å². The van der Waals surface area contributed by atoms with Crippen LogP contribution in [-0.2, 0) is 6.42 Å². The number of rotatable bonds is 3. The minimum atomic E-state index is -0.194. The summed E-state index contributed by atoms with van der Waals surface area (Å²) in [5.41, 5.74) is 1.01. The number of Topliss-reactive ketones (excluding diaryl/α,β-unsaturated/α-hetero) is 1. The molecule has 0 saturated heterocycles. The number of nitrogens with zero attached hydrogens (tertiary/aromatic N) is 1. The molecule has 2 aromatic heterocycles. The van der Waals surface area contributed by atoms with Gasteiger partial charge in [0.1, 0.15) is 6.42 Å². The fraction of sp³-hybridized carbons (Fsp3) is 0.167. The molecule has 0 fully saturated rings. The largest absolute Gasteiger partial charge is 0.618 e. The molecule has 0 aliphatic carbocycles. The van der Waals surface area contributed by atoms with E-state index in [0.29, 0.717) is 11.4 Å². The van der Waals surface area contributed by atoms with Gasteiger partial charge in [-0.1, -0.05) is 0 Å². The Morgan fingerprint density at radius 1 is 1.38 bits per heavy atom. The van der Waals surface area contributed by atoms with Gasteiger partial charge < -0.3 is 9.62 Å². The first kappa shape index (κ1) is 10.4. The van der Waals surface area contributed by atoms with Crippen LogP contribution in [0.3, 0.4) is 0 Å². The Balaban J connectivity index is 2.22. The van der Waals surface area contributed by atoms with E-state index in [1.54, 1.807) is 37.3 Å². The summed E-state index contributed by atoms with van der Waals surface area (Å²) in [5.74, 6) is 0.0849. The lowest BCUT2D eigenvalue weighted by atomic mass is 10.1. The van der Waals surface area contributed by atoms with Crippen molar-refractivity contribution in [1.29, 1.82) is 0 Å². The average molecular weight is 217 g/mol. The summed E-state index contributed by atoms with van der Waals surface area (Å²) in [4.78, 5) is 11.7. The van der Waals surface area contributed by atoms with Gasteiger partial charge in [-0.25, -0.2) is 0 Å². The molecule has 0 saturated carbocycles. The third-order valence-corrected chi connectivity index (χ3v) is 2.34. The summed E-state index contributed by atoms with van der Waals surface area (Å²) in [6.07, 6.45) is 1.49. The van der Waals surface area contributed by atoms with Gasteiger partial charge in [-0.05, 0) is 18.2 Å². The molecule has 0 amide bonds. The number of hydrogen-bond donors (Lipinski definition) is 0. The molecule has 4 heteroatoms. The zero-order valence-corrected chi connectivity index (χ0v) is 8.84. The fourth-order valence-corrected chi connectivity index (χ4v) is 1.48. The molecular weight excluding hydrogens is 206 g/mol. The van der Waals surface area contributed by atoms with Crippen LogP contribution in [0, 0.1) is 12.1 Å². The van der Waals surface area contributed by atoms with Crippen LogP contribution in [0.15, 0.2) is 41.0 Å². The molecule has 0 aliphatic rings. The molecule has 0 bridgehead atoms. The Bertz CT molecular complexity index is 503. The summed E-state index contributed by atoms with van der Waals surface area (Å²) in [6, 6.07) is 8.34. The molecule has 82 valence electrons. The van der Waals surface area contributed by atoms with Gasteiger partial charge in [0, 0.05) is 19.1 Å². The van der Waals surface area contributed by atoms with Crippen molar-refractivity contribution in [3.63, 3.8) is 0 Å². The van der Waals surface area contributed by atoms with Crippen LogP contribution in [-0.4, -0.2) is 5.78 Å². The number of aromatic nitrogens is 1. The van der Waals surface area contributed by atoms with Crippen molar-refractivity contribution < 1.29 is 13.9 Å². The summed E-state index contributed by atoms with van der Waals surface area (Å²) in [5, 5.41) is 11.6. The van der Waals surface area contributed by atoms with E-state index in [0.717, 1.165) is 4.73 Å². The highest BCUT2D eigenvalue weighted by molar-refractivity contribution is 5.94. The fourth-order valence-electron chi connectivity index (χ4n) is 1.48. The van der Waals surface area contributed by atoms with Gasteiger partial charge in [0.25, 0.3) is 0 Å². The number of carbonyl (C=O) groups excluding carboxylic acids is 1. The van der Waals surface area contributed by atoms with Gasteiger partial charge in [-0.2, -0.15) is 4.73 Å². The van der Waals surface area contributed by atoms with Crippen LogP contribution in [0.5, 0.6) is 0 Å². The second-order valence-electron chi connectivity index (χ2n) is 3.53. The van der Waals surface area contributed by atoms with Crippen LogP contribution in [0.2, 0.25) is 0 Å². The molecule has 0 aromatic carbocycles. The summed E-state index contributed by atoms with van der Waals surface area (Å²) in [7, 11) is 0. The quantitative estimate of drug-likeness (QED) is 0.446. The first-order valence-corrected chi connectivity index (χ1v) is 4.93. The van der Waals surface area contributed by atoms with Gasteiger partial charge in [-0.15, -0.1) is 0 Å². The average Bonchev–Trinajstić information content (AvgIpc) is 2.78.